The molecule has 14 heavy (non-hydrogen) atoms. The van der Waals surface area contributed by atoms with Crippen LogP contribution in [0.4, 0.5) is 0 Å². The lowest BCUT2D eigenvalue weighted by Gasteiger charge is -2.20. The Labute approximate surface area is 86.9 Å². The molecule has 1 aliphatic heterocycles. The van der Waals surface area contributed by atoms with Crippen LogP contribution < -0.4 is 5.32 Å². The number of likely N-dealkylation sites (tertiary alicyclic amines) is 1. The number of carbonyl (C=O) groups is 1. The van der Waals surface area contributed by atoms with E-state index in [9.17, 15) is 4.79 Å². The summed E-state index contributed by atoms with van der Waals surface area (Å²) in [6.07, 6.45) is 1.09. The molecule has 0 saturated carbocycles. The van der Waals surface area contributed by atoms with Crippen LogP contribution in [0.1, 0.15) is 34.1 Å². The molecule has 1 heterocycles. The van der Waals surface area contributed by atoms with E-state index in [1.165, 1.54) is 0 Å². The normalized spacial score (nSPS) is 23.4. The molecule has 1 rings (SSSR count). The predicted octanol–water partition coefficient (Wildman–Crippen LogP) is 1.24. The van der Waals surface area contributed by atoms with E-state index in [0.29, 0.717) is 12.1 Å². The van der Waals surface area contributed by atoms with Gasteiger partial charge < -0.3 is 5.32 Å². The average Bonchev–Trinajstić information content (AvgIpc) is 2.52. The van der Waals surface area contributed by atoms with Crippen LogP contribution >= 0.6 is 0 Å². The van der Waals surface area contributed by atoms with Crippen LogP contribution in [-0.4, -0.2) is 36.0 Å². The minimum Gasteiger partial charge on any atom is -0.352 e. The zero-order valence-corrected chi connectivity index (χ0v) is 9.71. The Kier molecular flexibility index (Phi) is 3.93. The standard InChI is InChI=1S/C11H22N2O/c1-8(2)11(14)12-10-5-6-13(7-10)9(3)4/h8-10H,5-7H2,1-4H3,(H,12,14)/t10-/m1/s1. The van der Waals surface area contributed by atoms with Gasteiger partial charge in [-0.05, 0) is 20.3 Å². The van der Waals surface area contributed by atoms with Crippen molar-refractivity contribution in [2.45, 2.75) is 46.2 Å². The van der Waals surface area contributed by atoms with Gasteiger partial charge in [0.25, 0.3) is 0 Å². The minimum atomic E-state index is 0.100. The van der Waals surface area contributed by atoms with Gasteiger partial charge in [0.15, 0.2) is 0 Å². The van der Waals surface area contributed by atoms with Gasteiger partial charge in [-0.25, -0.2) is 0 Å². The summed E-state index contributed by atoms with van der Waals surface area (Å²) >= 11 is 0. The van der Waals surface area contributed by atoms with Crippen LogP contribution in [0.5, 0.6) is 0 Å². The van der Waals surface area contributed by atoms with E-state index in [1.54, 1.807) is 0 Å². The Hall–Kier alpha value is -0.570. The first-order valence-corrected chi connectivity index (χ1v) is 5.55. The molecule has 0 unspecified atom stereocenters. The lowest BCUT2D eigenvalue weighted by Crippen LogP contribution is -2.40. The van der Waals surface area contributed by atoms with Gasteiger partial charge in [-0.1, -0.05) is 13.8 Å². The third-order valence-electron chi connectivity index (χ3n) is 2.82. The van der Waals surface area contributed by atoms with E-state index in [0.717, 1.165) is 19.5 Å². The van der Waals surface area contributed by atoms with Gasteiger partial charge in [-0.3, -0.25) is 9.69 Å². The number of nitrogens with zero attached hydrogens (tertiary/aromatic N) is 1. The van der Waals surface area contributed by atoms with Gasteiger partial charge in [0.2, 0.25) is 5.91 Å². The second kappa shape index (κ2) is 4.78. The molecule has 0 aromatic carbocycles. The topological polar surface area (TPSA) is 32.3 Å². The quantitative estimate of drug-likeness (QED) is 0.740. The monoisotopic (exact) mass is 198 g/mol. The fraction of sp³-hybridized carbons (Fsp3) is 0.909. The van der Waals surface area contributed by atoms with E-state index in [-0.39, 0.29) is 11.8 Å². The number of hydrogen-bond acceptors (Lipinski definition) is 2. The molecule has 0 radical (unpaired) electrons. The fourth-order valence-electron chi connectivity index (χ4n) is 1.74. The zero-order chi connectivity index (χ0) is 10.7. The van der Waals surface area contributed by atoms with Crippen LogP contribution in [0.2, 0.25) is 0 Å². The van der Waals surface area contributed by atoms with Crippen LogP contribution in [-0.2, 0) is 4.79 Å². The Bertz CT molecular complexity index is 201. The third kappa shape index (κ3) is 2.98. The van der Waals surface area contributed by atoms with Crippen LogP contribution in [0.25, 0.3) is 0 Å². The highest BCUT2D eigenvalue weighted by Crippen LogP contribution is 2.12. The molecule has 0 aromatic heterocycles. The summed E-state index contributed by atoms with van der Waals surface area (Å²) in [6, 6.07) is 0.961. The SMILES string of the molecule is CC(C)C(=O)N[C@@H]1CCN(C(C)C)C1. The van der Waals surface area contributed by atoms with E-state index in [1.807, 2.05) is 13.8 Å². The molecule has 0 aliphatic carbocycles. The number of carbonyl (C=O) groups excluding carboxylic acids is 1. The first-order chi connectivity index (χ1) is 6.50. The maximum atomic E-state index is 11.4. The van der Waals surface area contributed by atoms with Crippen molar-refractivity contribution in [2.75, 3.05) is 13.1 Å². The second-order valence-corrected chi connectivity index (χ2v) is 4.74. The van der Waals surface area contributed by atoms with Crippen molar-refractivity contribution in [3.8, 4) is 0 Å². The number of hydrogen-bond donors (Lipinski definition) is 1. The Morgan fingerprint density at radius 3 is 2.43 bits per heavy atom. The highest BCUT2D eigenvalue weighted by atomic mass is 16.1. The Morgan fingerprint density at radius 1 is 1.36 bits per heavy atom. The molecule has 1 amide bonds. The molecule has 82 valence electrons. The van der Waals surface area contributed by atoms with Crippen molar-refractivity contribution in [3.05, 3.63) is 0 Å². The van der Waals surface area contributed by atoms with Crippen LogP contribution in [0, 0.1) is 5.92 Å². The van der Waals surface area contributed by atoms with Crippen molar-refractivity contribution in [2.24, 2.45) is 5.92 Å². The molecule has 0 aromatic rings. The fourth-order valence-corrected chi connectivity index (χ4v) is 1.74. The second-order valence-electron chi connectivity index (χ2n) is 4.74. The van der Waals surface area contributed by atoms with E-state index in [2.05, 4.69) is 24.1 Å². The summed E-state index contributed by atoms with van der Waals surface area (Å²) in [7, 11) is 0. The van der Waals surface area contributed by atoms with E-state index >= 15 is 0 Å². The summed E-state index contributed by atoms with van der Waals surface area (Å²) in [5, 5.41) is 3.08. The first kappa shape index (κ1) is 11.5. The molecule has 1 N–H and O–H groups in total. The van der Waals surface area contributed by atoms with E-state index in [4.69, 9.17) is 0 Å². The molecule has 0 bridgehead atoms. The summed E-state index contributed by atoms with van der Waals surface area (Å²) in [6.45, 7) is 10.4. The Morgan fingerprint density at radius 2 is 2.00 bits per heavy atom. The maximum Gasteiger partial charge on any atom is 0.222 e. The van der Waals surface area contributed by atoms with Gasteiger partial charge in [0.05, 0.1) is 0 Å². The summed E-state index contributed by atoms with van der Waals surface area (Å²) in [5.74, 6) is 0.281. The Balaban J connectivity index is 2.32. The largest absolute Gasteiger partial charge is 0.352 e. The molecule has 1 saturated heterocycles. The molecule has 3 nitrogen and oxygen atoms in total. The smallest absolute Gasteiger partial charge is 0.222 e. The van der Waals surface area contributed by atoms with Gasteiger partial charge in [-0.2, -0.15) is 0 Å². The summed E-state index contributed by atoms with van der Waals surface area (Å²) in [5.41, 5.74) is 0. The molecule has 3 heteroatoms. The molecule has 1 atom stereocenters. The lowest BCUT2D eigenvalue weighted by atomic mass is 10.2. The summed E-state index contributed by atoms with van der Waals surface area (Å²) in [4.78, 5) is 13.9. The van der Waals surface area contributed by atoms with E-state index < -0.39 is 0 Å². The van der Waals surface area contributed by atoms with Gasteiger partial charge in [0.1, 0.15) is 0 Å². The zero-order valence-electron chi connectivity index (χ0n) is 9.71. The maximum absolute atomic E-state index is 11.4. The minimum absolute atomic E-state index is 0.100. The van der Waals surface area contributed by atoms with Gasteiger partial charge in [-0.15, -0.1) is 0 Å². The molecule has 1 fully saturated rings. The van der Waals surface area contributed by atoms with Crippen molar-refractivity contribution in [1.82, 2.24) is 10.2 Å². The van der Waals surface area contributed by atoms with Crippen LogP contribution in [0.15, 0.2) is 0 Å². The van der Waals surface area contributed by atoms with Crippen molar-refractivity contribution >= 4 is 5.91 Å². The first-order valence-electron chi connectivity index (χ1n) is 5.55. The molecule has 1 aliphatic rings. The van der Waals surface area contributed by atoms with Gasteiger partial charge in [0, 0.05) is 31.1 Å². The predicted molar refractivity (Wildman–Crippen MR) is 58.1 cm³/mol. The highest BCUT2D eigenvalue weighted by Gasteiger charge is 2.25. The summed E-state index contributed by atoms with van der Waals surface area (Å²) < 4.78 is 0. The molecular weight excluding hydrogens is 176 g/mol. The highest BCUT2D eigenvalue weighted by molar-refractivity contribution is 5.78. The van der Waals surface area contributed by atoms with Crippen LogP contribution in [0.3, 0.4) is 0 Å². The van der Waals surface area contributed by atoms with Gasteiger partial charge >= 0.3 is 0 Å². The van der Waals surface area contributed by atoms with Crippen molar-refractivity contribution < 1.29 is 4.79 Å². The lowest BCUT2D eigenvalue weighted by molar-refractivity contribution is -0.124. The molecule has 0 spiro atoms. The average molecular weight is 198 g/mol. The molecular formula is C11H22N2O. The van der Waals surface area contributed by atoms with Crippen molar-refractivity contribution in [1.29, 1.82) is 0 Å². The number of rotatable bonds is 3. The number of nitrogens with one attached hydrogen (secondary N) is 1. The van der Waals surface area contributed by atoms with Crippen molar-refractivity contribution in [3.63, 3.8) is 0 Å². The number of amides is 1. The third-order valence-corrected chi connectivity index (χ3v) is 2.82.